The van der Waals surface area contributed by atoms with Gasteiger partial charge in [-0.15, -0.1) is 0 Å². The van der Waals surface area contributed by atoms with Gasteiger partial charge in [-0.2, -0.15) is 0 Å². The first-order chi connectivity index (χ1) is 10.2. The van der Waals surface area contributed by atoms with Gasteiger partial charge in [-0.3, -0.25) is 9.59 Å². The summed E-state index contributed by atoms with van der Waals surface area (Å²) >= 11 is 0. The van der Waals surface area contributed by atoms with E-state index in [4.69, 9.17) is 14.2 Å². The maximum absolute atomic E-state index is 10.6. The summed E-state index contributed by atoms with van der Waals surface area (Å²) < 4.78 is 19.7. The monoisotopic (exact) mass is 330 g/mol. The molecule has 0 spiro atoms. The molecular formula is C17H30O6. The molecule has 0 aliphatic rings. The van der Waals surface area contributed by atoms with Gasteiger partial charge in [0.25, 0.3) is 0 Å². The molecule has 0 saturated heterocycles. The maximum atomic E-state index is 10.6. The zero-order valence-corrected chi connectivity index (χ0v) is 14.6. The van der Waals surface area contributed by atoms with Crippen LogP contribution in [0.1, 0.15) is 35.1 Å². The lowest BCUT2D eigenvalue weighted by atomic mass is 10.3. The van der Waals surface area contributed by atoms with Crippen LogP contribution in [0, 0.1) is 0 Å². The number of methoxy groups -OCH3 is 4. The summed E-state index contributed by atoms with van der Waals surface area (Å²) in [5, 5.41) is 0. The van der Waals surface area contributed by atoms with Crippen LogP contribution >= 0.6 is 0 Å². The highest BCUT2D eigenvalue weighted by Crippen LogP contribution is 2.09. The van der Waals surface area contributed by atoms with Gasteiger partial charge >= 0.3 is 0 Å². The number of carbonyl (C=O) groups is 2. The summed E-state index contributed by atoms with van der Waals surface area (Å²) in [6, 6.07) is 0. The first-order valence-corrected chi connectivity index (χ1v) is 6.51. The Morgan fingerprint density at radius 1 is 0.739 bits per heavy atom. The molecule has 0 saturated carbocycles. The molecule has 6 nitrogen and oxygen atoms in total. The number of hydrogen-bond acceptors (Lipinski definition) is 6. The largest absolute Gasteiger partial charge is 0.501 e. The molecule has 0 aliphatic heterocycles. The molecule has 0 aromatic rings. The molecule has 0 aromatic heterocycles. The third kappa shape index (κ3) is 13.2. The lowest BCUT2D eigenvalue weighted by molar-refractivity contribution is -0.118. The number of hydrogen-bond donors (Lipinski definition) is 0. The van der Waals surface area contributed by atoms with Crippen LogP contribution in [-0.2, 0) is 28.5 Å². The topological polar surface area (TPSA) is 71.1 Å². The summed E-state index contributed by atoms with van der Waals surface area (Å²) in [5.74, 6) is 1.87. The van der Waals surface area contributed by atoms with Crippen molar-refractivity contribution in [3.8, 4) is 0 Å². The molecule has 134 valence electrons. The van der Waals surface area contributed by atoms with E-state index in [2.05, 4.69) is 4.74 Å². The van der Waals surface area contributed by atoms with E-state index in [0.29, 0.717) is 5.76 Å². The van der Waals surface area contributed by atoms with E-state index in [0.717, 1.165) is 11.5 Å². The van der Waals surface area contributed by atoms with Crippen LogP contribution < -0.4 is 0 Å². The summed E-state index contributed by atoms with van der Waals surface area (Å²) in [7, 11) is 6.17. The van der Waals surface area contributed by atoms with Crippen molar-refractivity contribution in [1.82, 2.24) is 0 Å². The molecule has 0 N–H and O–H groups in total. The van der Waals surface area contributed by atoms with Crippen LogP contribution in [0.2, 0.25) is 0 Å². The first kappa shape index (κ1) is 25.7. The lowest BCUT2D eigenvalue weighted by Crippen LogP contribution is -2.01. The minimum absolute atomic E-state index is 0. The van der Waals surface area contributed by atoms with Crippen LogP contribution in [0.4, 0.5) is 0 Å². The molecule has 0 aromatic carbocycles. The molecule has 0 unspecified atom stereocenters. The minimum atomic E-state index is -0.238. The highest BCUT2D eigenvalue weighted by molar-refractivity contribution is 5.99. The quantitative estimate of drug-likeness (QED) is 0.405. The normalized spacial score (nSPS) is 11.8. The van der Waals surface area contributed by atoms with E-state index in [1.54, 1.807) is 27.4 Å². The average molecular weight is 330 g/mol. The fraction of sp³-hybridized carbons (Fsp3) is 0.529. The zero-order valence-electron chi connectivity index (χ0n) is 14.6. The van der Waals surface area contributed by atoms with E-state index in [9.17, 15) is 9.59 Å². The molecule has 0 radical (unpaired) electrons. The Hall–Kier alpha value is -2.24. The fourth-order valence-corrected chi connectivity index (χ4v) is 1.14. The van der Waals surface area contributed by atoms with Gasteiger partial charge in [0.1, 0.15) is 5.76 Å². The summed E-state index contributed by atoms with van der Waals surface area (Å²) in [6.07, 6.45) is 2.95. The predicted octanol–water partition coefficient (Wildman–Crippen LogP) is 3.39. The van der Waals surface area contributed by atoms with Gasteiger partial charge in [0, 0.05) is 19.1 Å². The summed E-state index contributed by atoms with van der Waals surface area (Å²) in [4.78, 5) is 21.0. The number of allylic oxidation sites excluding steroid dienone is 5. The van der Waals surface area contributed by atoms with Crippen molar-refractivity contribution in [3.63, 3.8) is 0 Å². The van der Waals surface area contributed by atoms with Gasteiger partial charge in [0.15, 0.2) is 23.1 Å². The Morgan fingerprint density at radius 3 is 1.48 bits per heavy atom. The molecule has 0 fully saturated rings. The first-order valence-electron chi connectivity index (χ1n) is 6.51. The Morgan fingerprint density at radius 2 is 1.26 bits per heavy atom. The Bertz CT molecular complexity index is 458. The van der Waals surface area contributed by atoms with Crippen molar-refractivity contribution in [1.29, 1.82) is 0 Å². The fourth-order valence-electron chi connectivity index (χ4n) is 1.14. The van der Waals surface area contributed by atoms with Gasteiger partial charge in [-0.1, -0.05) is 7.43 Å². The number of carbonyl (C=O) groups excluding carboxylic acids is 2. The third-order valence-electron chi connectivity index (χ3n) is 2.43. The molecule has 23 heavy (non-hydrogen) atoms. The van der Waals surface area contributed by atoms with E-state index in [1.807, 2.05) is 13.8 Å². The smallest absolute Gasteiger partial charge is 0.194 e. The minimum Gasteiger partial charge on any atom is -0.501 e. The van der Waals surface area contributed by atoms with E-state index >= 15 is 0 Å². The molecular weight excluding hydrogens is 300 g/mol. The van der Waals surface area contributed by atoms with Gasteiger partial charge in [-0.25, -0.2) is 0 Å². The van der Waals surface area contributed by atoms with E-state index < -0.39 is 0 Å². The van der Waals surface area contributed by atoms with Gasteiger partial charge < -0.3 is 18.9 Å². The number of ether oxygens (including phenoxy) is 4. The second kappa shape index (κ2) is 14.7. The standard InChI is InChI=1S/C9H16O3.C7H10O3.CH4/c1-7(10-3)6-9(12-5)8(2)11-4;1-5(8)4-7(10-3)6(2)9;/h6H,1-5H3;4H,1-3H3;1H4/b7-6+,9-8-;7-4+;. The van der Waals surface area contributed by atoms with Crippen molar-refractivity contribution < 1.29 is 28.5 Å². The molecule has 0 aliphatic carbocycles. The summed E-state index contributed by atoms with van der Waals surface area (Å²) in [6.45, 7) is 6.39. The van der Waals surface area contributed by atoms with Crippen LogP contribution in [0.5, 0.6) is 0 Å². The van der Waals surface area contributed by atoms with Crippen LogP contribution in [-0.4, -0.2) is 40.0 Å². The Balaban J connectivity index is -0.000000338. The van der Waals surface area contributed by atoms with Gasteiger partial charge in [-0.05, 0) is 20.8 Å². The Labute approximate surface area is 139 Å². The SMILES string of the molecule is C.CO/C(=C/C(C)=O)C(C)=O.CO/C(C)=C(/C=C(\C)OC)OC. The molecule has 6 heteroatoms. The van der Waals surface area contributed by atoms with Crippen molar-refractivity contribution in [2.75, 3.05) is 28.4 Å². The van der Waals surface area contributed by atoms with E-state index in [-0.39, 0.29) is 24.8 Å². The summed E-state index contributed by atoms with van der Waals surface area (Å²) in [5.41, 5.74) is 0. The lowest BCUT2D eigenvalue weighted by Gasteiger charge is -2.06. The third-order valence-corrected chi connectivity index (χ3v) is 2.43. The van der Waals surface area contributed by atoms with Gasteiger partial charge in [0.2, 0.25) is 0 Å². The highest BCUT2D eigenvalue weighted by Gasteiger charge is 2.02. The Kier molecular flexibility index (Phi) is 16.4. The van der Waals surface area contributed by atoms with Crippen LogP contribution in [0.15, 0.2) is 35.2 Å². The van der Waals surface area contributed by atoms with E-state index in [1.165, 1.54) is 27.0 Å². The number of ketones is 2. The maximum Gasteiger partial charge on any atom is 0.194 e. The van der Waals surface area contributed by atoms with Crippen molar-refractivity contribution >= 4 is 11.6 Å². The van der Waals surface area contributed by atoms with Crippen molar-refractivity contribution in [2.24, 2.45) is 0 Å². The number of Topliss-reactive ketones (excluding diaryl/α,β-unsaturated/α-hetero) is 1. The predicted molar refractivity (Wildman–Crippen MR) is 90.7 cm³/mol. The molecule has 0 heterocycles. The zero-order chi connectivity index (χ0) is 17.7. The average Bonchev–Trinajstić information content (AvgIpc) is 2.49. The van der Waals surface area contributed by atoms with Crippen LogP contribution in [0.3, 0.4) is 0 Å². The second-order valence-electron chi connectivity index (χ2n) is 4.17. The molecule has 0 amide bonds. The van der Waals surface area contributed by atoms with Crippen molar-refractivity contribution in [3.05, 3.63) is 35.2 Å². The van der Waals surface area contributed by atoms with Gasteiger partial charge in [0.05, 0.1) is 34.2 Å². The highest BCUT2D eigenvalue weighted by atomic mass is 16.5. The molecule has 0 atom stereocenters. The van der Waals surface area contributed by atoms with Crippen molar-refractivity contribution in [2.45, 2.75) is 35.1 Å². The molecule has 0 bridgehead atoms. The number of rotatable bonds is 7. The second-order valence-corrected chi connectivity index (χ2v) is 4.17. The molecule has 0 rings (SSSR count). The van der Waals surface area contributed by atoms with Crippen LogP contribution in [0.25, 0.3) is 0 Å².